The molecule has 2 bridgehead atoms. The number of hydrogen-bond donors (Lipinski definition) is 1. The Labute approximate surface area is 209 Å². The fourth-order valence-electron chi connectivity index (χ4n) is 6.41. The lowest BCUT2D eigenvalue weighted by Gasteiger charge is -2.37. The van der Waals surface area contributed by atoms with Gasteiger partial charge in [-0.05, 0) is 38.5 Å². The van der Waals surface area contributed by atoms with Crippen LogP contribution in [0.1, 0.15) is 59.3 Å². The van der Waals surface area contributed by atoms with Gasteiger partial charge in [0.05, 0.1) is 11.5 Å². The first-order chi connectivity index (χ1) is 16.7. The van der Waals surface area contributed by atoms with Crippen LogP contribution in [-0.2, 0) is 23.9 Å². The van der Waals surface area contributed by atoms with Crippen LogP contribution in [0, 0.1) is 17.8 Å². The number of unbranched alkanes of at least 4 members (excludes halogenated alkanes) is 3. The molecule has 8 heteroatoms. The molecular formula is C27H42N2O6. The molecule has 196 valence electrons. The van der Waals surface area contributed by atoms with E-state index in [1.54, 1.807) is 15.9 Å². The van der Waals surface area contributed by atoms with Crippen molar-refractivity contribution in [3.8, 4) is 0 Å². The van der Waals surface area contributed by atoms with Crippen LogP contribution in [0.25, 0.3) is 0 Å². The molecule has 3 heterocycles. The van der Waals surface area contributed by atoms with E-state index in [1.165, 1.54) is 6.08 Å². The summed E-state index contributed by atoms with van der Waals surface area (Å²) < 4.78 is 12.1. The molecule has 1 spiro atoms. The maximum Gasteiger partial charge on any atom is 0.313 e. The van der Waals surface area contributed by atoms with Crippen molar-refractivity contribution >= 4 is 17.8 Å². The van der Waals surface area contributed by atoms with E-state index < -0.39 is 35.0 Å². The second-order valence-electron chi connectivity index (χ2n) is 10.4. The Bertz CT molecular complexity index is 830. The van der Waals surface area contributed by atoms with Gasteiger partial charge in [0.15, 0.2) is 0 Å². The lowest BCUT2D eigenvalue weighted by molar-refractivity contribution is -0.161. The number of likely N-dealkylation sites (tertiary alicyclic amines) is 1. The van der Waals surface area contributed by atoms with Crippen molar-refractivity contribution in [3.05, 3.63) is 25.3 Å². The zero-order valence-corrected chi connectivity index (χ0v) is 21.5. The third-order valence-corrected chi connectivity index (χ3v) is 8.15. The van der Waals surface area contributed by atoms with E-state index in [0.717, 1.165) is 19.3 Å². The van der Waals surface area contributed by atoms with Crippen LogP contribution in [0.3, 0.4) is 0 Å². The molecule has 0 aromatic heterocycles. The summed E-state index contributed by atoms with van der Waals surface area (Å²) in [6.45, 7) is 14.8. The number of hydrogen-bond acceptors (Lipinski definition) is 6. The standard InChI is InChI=1S/C27H42N2O6/c1-6-9-10-14-28(13-7-2)24(32)22-27-18-19(4)26(5,35-27)21(25(33)34-17-8-3)20(27)23(31)29(22)15-11-12-16-30/h7-8,19-22,30H,2-3,6,9-18H2,1,4-5H3/t19?,20-,21+,22?,26-,27?/m0/s1. The number of rotatable bonds is 14. The van der Waals surface area contributed by atoms with Gasteiger partial charge < -0.3 is 24.4 Å². The van der Waals surface area contributed by atoms with Crippen LogP contribution < -0.4 is 0 Å². The molecule has 0 saturated carbocycles. The first-order valence-electron chi connectivity index (χ1n) is 13.0. The molecule has 3 saturated heterocycles. The summed E-state index contributed by atoms with van der Waals surface area (Å²) >= 11 is 0. The minimum Gasteiger partial charge on any atom is -0.461 e. The van der Waals surface area contributed by atoms with E-state index in [2.05, 4.69) is 20.1 Å². The van der Waals surface area contributed by atoms with E-state index in [1.807, 2.05) is 13.8 Å². The average molecular weight is 491 g/mol. The quantitative estimate of drug-likeness (QED) is 0.229. The highest BCUT2D eigenvalue weighted by Gasteiger charge is 2.80. The van der Waals surface area contributed by atoms with Gasteiger partial charge in [0.25, 0.3) is 0 Å². The van der Waals surface area contributed by atoms with Crippen molar-refractivity contribution in [1.29, 1.82) is 0 Å². The van der Waals surface area contributed by atoms with Crippen LogP contribution in [0.5, 0.6) is 0 Å². The zero-order chi connectivity index (χ0) is 25.8. The predicted octanol–water partition coefficient (Wildman–Crippen LogP) is 2.70. The second kappa shape index (κ2) is 11.2. The zero-order valence-electron chi connectivity index (χ0n) is 21.5. The smallest absolute Gasteiger partial charge is 0.313 e. The summed E-state index contributed by atoms with van der Waals surface area (Å²) in [5.41, 5.74) is -1.97. The summed E-state index contributed by atoms with van der Waals surface area (Å²) in [5, 5.41) is 9.31. The maximum atomic E-state index is 14.1. The largest absolute Gasteiger partial charge is 0.461 e. The molecule has 0 aromatic carbocycles. The number of carbonyl (C=O) groups excluding carboxylic acids is 3. The monoisotopic (exact) mass is 490 g/mol. The summed E-state index contributed by atoms with van der Waals surface area (Å²) in [7, 11) is 0. The molecule has 0 aromatic rings. The number of aliphatic hydroxyl groups is 1. The third kappa shape index (κ3) is 4.67. The summed E-state index contributed by atoms with van der Waals surface area (Å²) in [4.78, 5) is 44.7. The normalized spacial score (nSPS) is 33.0. The van der Waals surface area contributed by atoms with Crippen LogP contribution in [-0.4, -0.2) is 82.8 Å². The van der Waals surface area contributed by atoms with E-state index in [9.17, 15) is 19.5 Å². The molecule has 1 N–H and O–H groups in total. The molecule has 3 aliphatic rings. The lowest BCUT2D eigenvalue weighted by Crippen LogP contribution is -2.56. The highest BCUT2D eigenvalue weighted by molar-refractivity contribution is 5.98. The van der Waals surface area contributed by atoms with Crippen LogP contribution in [0.4, 0.5) is 0 Å². The topological polar surface area (TPSA) is 96.4 Å². The molecule has 3 aliphatic heterocycles. The van der Waals surface area contributed by atoms with Gasteiger partial charge >= 0.3 is 5.97 Å². The van der Waals surface area contributed by atoms with E-state index in [4.69, 9.17) is 9.47 Å². The van der Waals surface area contributed by atoms with Crippen molar-refractivity contribution in [3.63, 3.8) is 0 Å². The highest BCUT2D eigenvalue weighted by Crippen LogP contribution is 2.65. The fraction of sp³-hybridized carbons (Fsp3) is 0.741. The molecular weight excluding hydrogens is 448 g/mol. The van der Waals surface area contributed by atoms with Gasteiger partial charge in [-0.2, -0.15) is 0 Å². The van der Waals surface area contributed by atoms with Crippen molar-refractivity contribution in [2.75, 3.05) is 32.8 Å². The summed E-state index contributed by atoms with van der Waals surface area (Å²) in [6.07, 6.45) is 7.71. The maximum absolute atomic E-state index is 14.1. The molecule has 0 aliphatic carbocycles. The van der Waals surface area contributed by atoms with E-state index in [-0.39, 0.29) is 30.9 Å². The number of nitrogens with zero attached hydrogens (tertiary/aromatic N) is 2. The molecule has 3 unspecified atom stereocenters. The molecule has 8 nitrogen and oxygen atoms in total. The first kappa shape index (κ1) is 27.4. The van der Waals surface area contributed by atoms with Crippen molar-refractivity contribution in [2.45, 2.75) is 76.5 Å². The molecule has 3 rings (SSSR count). The molecule has 35 heavy (non-hydrogen) atoms. The number of carbonyl (C=O) groups is 3. The summed E-state index contributed by atoms with van der Waals surface area (Å²) in [6, 6.07) is -0.818. The van der Waals surface area contributed by atoms with Gasteiger partial charge in [-0.15, -0.1) is 6.58 Å². The highest BCUT2D eigenvalue weighted by atomic mass is 16.6. The van der Waals surface area contributed by atoms with Gasteiger partial charge in [-0.25, -0.2) is 0 Å². The molecule has 6 atom stereocenters. The van der Waals surface area contributed by atoms with Gasteiger partial charge in [0.1, 0.15) is 24.2 Å². The first-order valence-corrected chi connectivity index (χ1v) is 13.0. The Balaban J connectivity index is 2.02. The minimum atomic E-state index is -1.08. The predicted molar refractivity (Wildman–Crippen MR) is 132 cm³/mol. The Morgan fingerprint density at radius 2 is 2.00 bits per heavy atom. The fourth-order valence-corrected chi connectivity index (χ4v) is 6.41. The van der Waals surface area contributed by atoms with Crippen molar-refractivity contribution < 1.29 is 29.0 Å². The Hall–Kier alpha value is -2.19. The molecule has 3 fully saturated rings. The number of amides is 2. The Kier molecular flexibility index (Phi) is 8.81. The number of aliphatic hydroxyl groups excluding tert-OH is 1. The van der Waals surface area contributed by atoms with Gasteiger partial charge in [-0.3, -0.25) is 14.4 Å². The van der Waals surface area contributed by atoms with E-state index >= 15 is 0 Å². The SMILES string of the molecule is C=CCOC(=O)[C@H]1[C@H]2C(=O)N(CCCCO)C(C(=O)N(CC=C)CCCCC)C23CC(C)[C@]1(C)O3. The molecule has 0 radical (unpaired) electrons. The number of fused-ring (bicyclic) bond motifs is 1. The number of esters is 1. The second-order valence-corrected chi connectivity index (χ2v) is 10.4. The van der Waals surface area contributed by atoms with Crippen molar-refractivity contribution in [1.82, 2.24) is 9.80 Å². The average Bonchev–Trinajstić information content (AvgIpc) is 3.34. The van der Waals surface area contributed by atoms with Crippen LogP contribution in [0.15, 0.2) is 25.3 Å². The van der Waals surface area contributed by atoms with Crippen molar-refractivity contribution in [2.24, 2.45) is 17.8 Å². The van der Waals surface area contributed by atoms with Gasteiger partial charge in [0.2, 0.25) is 11.8 Å². The van der Waals surface area contributed by atoms with Gasteiger partial charge in [0, 0.05) is 26.2 Å². The number of ether oxygens (including phenoxy) is 2. The Morgan fingerprint density at radius 3 is 2.63 bits per heavy atom. The molecule has 2 amide bonds. The van der Waals surface area contributed by atoms with E-state index in [0.29, 0.717) is 38.9 Å². The lowest BCUT2D eigenvalue weighted by atomic mass is 9.62. The van der Waals surface area contributed by atoms with Crippen LogP contribution in [0.2, 0.25) is 0 Å². The van der Waals surface area contributed by atoms with Crippen LogP contribution >= 0.6 is 0 Å². The van der Waals surface area contributed by atoms with Gasteiger partial charge in [-0.1, -0.05) is 45.4 Å². The third-order valence-electron chi connectivity index (χ3n) is 8.15. The Morgan fingerprint density at radius 1 is 1.26 bits per heavy atom. The summed E-state index contributed by atoms with van der Waals surface area (Å²) in [5.74, 6) is -2.46. The minimum absolute atomic E-state index is 0.0108.